The number of ether oxygens (including phenoxy) is 1. The number of pyridine rings is 2. The summed E-state index contributed by atoms with van der Waals surface area (Å²) in [5.74, 6) is 0.403. The van der Waals surface area contributed by atoms with E-state index in [1.54, 1.807) is 31.7 Å². The molecule has 1 atom stereocenters. The quantitative estimate of drug-likeness (QED) is 0.285. The van der Waals surface area contributed by atoms with Crippen molar-refractivity contribution >= 4 is 34.4 Å². The van der Waals surface area contributed by atoms with Crippen molar-refractivity contribution in [2.24, 2.45) is 5.41 Å². The molecule has 1 aromatic carbocycles. The van der Waals surface area contributed by atoms with Crippen LogP contribution >= 0.6 is 11.6 Å². The number of nitrogens with one attached hydrogen (secondary N) is 1. The van der Waals surface area contributed by atoms with Crippen molar-refractivity contribution in [1.82, 2.24) is 24.8 Å². The lowest BCUT2D eigenvalue weighted by atomic mass is 9.62. The Labute approximate surface area is 237 Å². The second-order valence-corrected chi connectivity index (χ2v) is 10.7. The highest BCUT2D eigenvalue weighted by Gasteiger charge is 2.54. The van der Waals surface area contributed by atoms with Gasteiger partial charge in [0.15, 0.2) is 5.78 Å². The predicted octanol–water partition coefficient (Wildman–Crippen LogP) is 5.53. The van der Waals surface area contributed by atoms with Gasteiger partial charge < -0.3 is 10.1 Å². The van der Waals surface area contributed by atoms with E-state index in [9.17, 15) is 9.59 Å². The Morgan fingerprint density at radius 3 is 2.58 bits per heavy atom. The van der Waals surface area contributed by atoms with Gasteiger partial charge in [0, 0.05) is 42.0 Å². The topological polar surface area (TPSA) is 99.0 Å². The Morgan fingerprint density at radius 2 is 1.85 bits per heavy atom. The first kappa shape index (κ1) is 26.2. The van der Waals surface area contributed by atoms with E-state index in [2.05, 4.69) is 19.9 Å². The zero-order valence-corrected chi connectivity index (χ0v) is 23.0. The standard InChI is InChI=1S/C31H30ClN5O3/c1-2-40-30(39)23(35-27-26(32)28(38)31(27)13-4-3-5-14-31)17-20-8-10-22(11-9-20)37-25-12-16-34-19-24(25)36-29(37)21-7-6-15-33-18-21/h6-12,15-16,18-19,23,35H,2-5,13-14,17H2,1H3/t23-/m0/s1. The van der Waals surface area contributed by atoms with E-state index in [1.165, 1.54) is 0 Å². The Morgan fingerprint density at radius 1 is 1.07 bits per heavy atom. The fourth-order valence-electron chi connectivity index (χ4n) is 5.93. The number of carbonyl (C=O) groups excluding carboxylic acids is 2. The van der Waals surface area contributed by atoms with Gasteiger partial charge in [0.25, 0.3) is 0 Å². The van der Waals surface area contributed by atoms with Gasteiger partial charge in [0.05, 0.1) is 23.7 Å². The van der Waals surface area contributed by atoms with Gasteiger partial charge in [0.1, 0.15) is 22.4 Å². The summed E-state index contributed by atoms with van der Waals surface area (Å²) in [7, 11) is 0. The maximum Gasteiger partial charge on any atom is 0.328 e. The van der Waals surface area contributed by atoms with E-state index < -0.39 is 11.5 Å². The monoisotopic (exact) mass is 555 g/mol. The van der Waals surface area contributed by atoms with Crippen molar-refractivity contribution < 1.29 is 14.3 Å². The molecular formula is C31H30ClN5O3. The predicted molar refractivity (Wildman–Crippen MR) is 153 cm³/mol. The molecule has 4 aromatic rings. The summed E-state index contributed by atoms with van der Waals surface area (Å²) in [6, 6.07) is 13.2. The molecule has 3 heterocycles. The number of allylic oxidation sites excluding steroid dienone is 2. The molecule has 1 N–H and O–H groups in total. The maximum atomic E-state index is 13.0. The van der Waals surface area contributed by atoms with Crippen LogP contribution in [0.5, 0.6) is 0 Å². The summed E-state index contributed by atoms with van der Waals surface area (Å²) < 4.78 is 7.48. The highest BCUT2D eigenvalue weighted by Crippen LogP contribution is 2.53. The number of nitrogens with zero attached hydrogens (tertiary/aromatic N) is 4. The molecule has 0 amide bonds. The Kier molecular flexibility index (Phi) is 7.11. The van der Waals surface area contributed by atoms with E-state index in [4.69, 9.17) is 21.3 Å². The normalized spacial score (nSPS) is 17.1. The lowest BCUT2D eigenvalue weighted by Crippen LogP contribution is -2.53. The first-order valence-corrected chi connectivity index (χ1v) is 14.1. The molecule has 0 radical (unpaired) electrons. The van der Waals surface area contributed by atoms with E-state index in [0.29, 0.717) is 12.1 Å². The molecule has 1 saturated carbocycles. The number of hydrogen-bond donors (Lipinski definition) is 1. The van der Waals surface area contributed by atoms with Crippen LogP contribution < -0.4 is 5.32 Å². The molecule has 204 valence electrons. The molecule has 3 aromatic heterocycles. The number of esters is 1. The molecule has 2 aliphatic carbocycles. The van der Waals surface area contributed by atoms with E-state index in [1.807, 2.05) is 42.5 Å². The van der Waals surface area contributed by atoms with Gasteiger partial charge in [-0.15, -0.1) is 0 Å². The van der Waals surface area contributed by atoms with Crippen molar-refractivity contribution in [3.05, 3.63) is 83.5 Å². The van der Waals surface area contributed by atoms with Crippen LogP contribution in [0.1, 0.15) is 44.6 Å². The Balaban J connectivity index is 1.30. The molecule has 0 bridgehead atoms. The lowest BCUT2D eigenvalue weighted by Gasteiger charge is -2.46. The third-order valence-electron chi connectivity index (χ3n) is 7.94. The lowest BCUT2D eigenvalue weighted by molar-refractivity contribution is -0.146. The molecule has 6 rings (SSSR count). The maximum absolute atomic E-state index is 13.0. The molecular weight excluding hydrogens is 526 g/mol. The molecule has 1 spiro atoms. The van der Waals surface area contributed by atoms with Crippen molar-refractivity contribution in [3.8, 4) is 17.1 Å². The van der Waals surface area contributed by atoms with E-state index >= 15 is 0 Å². The molecule has 0 aliphatic heterocycles. The number of Topliss-reactive ketones (excluding diaryl/α,β-unsaturated/α-hetero) is 1. The first-order valence-electron chi connectivity index (χ1n) is 13.7. The molecule has 2 aliphatic rings. The molecule has 0 saturated heterocycles. The second kappa shape index (κ2) is 10.8. The number of benzene rings is 1. The average Bonchev–Trinajstić information content (AvgIpc) is 3.40. The number of imidazole rings is 1. The minimum Gasteiger partial charge on any atom is -0.464 e. The number of fused-ring (bicyclic) bond motifs is 1. The van der Waals surface area contributed by atoms with Crippen LogP contribution in [-0.4, -0.2) is 43.9 Å². The fourth-order valence-corrected chi connectivity index (χ4v) is 6.34. The van der Waals surface area contributed by atoms with Crippen LogP contribution in [-0.2, 0) is 20.7 Å². The van der Waals surface area contributed by atoms with Crippen molar-refractivity contribution in [1.29, 1.82) is 0 Å². The van der Waals surface area contributed by atoms with E-state index in [-0.39, 0.29) is 23.4 Å². The van der Waals surface area contributed by atoms with Crippen LogP contribution in [0.3, 0.4) is 0 Å². The van der Waals surface area contributed by atoms with Gasteiger partial charge in [-0.25, -0.2) is 9.78 Å². The van der Waals surface area contributed by atoms with Crippen LogP contribution in [0.15, 0.2) is 78.0 Å². The third kappa shape index (κ3) is 4.56. The number of aromatic nitrogens is 4. The molecule has 8 nitrogen and oxygen atoms in total. The summed E-state index contributed by atoms with van der Waals surface area (Å²) in [4.78, 5) is 39.1. The van der Waals surface area contributed by atoms with Gasteiger partial charge in [0.2, 0.25) is 0 Å². The van der Waals surface area contributed by atoms with Gasteiger partial charge in [-0.2, -0.15) is 0 Å². The van der Waals surface area contributed by atoms with Crippen molar-refractivity contribution in [2.75, 3.05) is 6.61 Å². The molecule has 0 unspecified atom stereocenters. The van der Waals surface area contributed by atoms with Gasteiger partial charge in [-0.3, -0.25) is 19.3 Å². The number of ketones is 1. The van der Waals surface area contributed by atoms with E-state index in [0.717, 1.165) is 65.8 Å². The molecule has 40 heavy (non-hydrogen) atoms. The van der Waals surface area contributed by atoms with Crippen molar-refractivity contribution in [3.63, 3.8) is 0 Å². The van der Waals surface area contributed by atoms with Crippen LogP contribution in [0, 0.1) is 5.41 Å². The summed E-state index contributed by atoms with van der Waals surface area (Å²) in [5.41, 5.74) is 4.61. The largest absolute Gasteiger partial charge is 0.464 e. The number of halogens is 1. The second-order valence-electron chi connectivity index (χ2n) is 10.4. The SMILES string of the molecule is CCOC(=O)[C@H](Cc1ccc(-n2c(-c3cccnc3)nc3cnccc32)cc1)NC1=C(Cl)C(=O)C12CCCCC2. The first-order chi connectivity index (χ1) is 19.5. The minimum atomic E-state index is -0.660. The number of rotatable bonds is 8. The van der Waals surface area contributed by atoms with Crippen LogP contribution in [0.4, 0.5) is 0 Å². The number of hydrogen-bond acceptors (Lipinski definition) is 7. The van der Waals surface area contributed by atoms with Crippen LogP contribution in [0.2, 0.25) is 0 Å². The zero-order valence-electron chi connectivity index (χ0n) is 22.3. The third-order valence-corrected chi connectivity index (χ3v) is 8.30. The minimum absolute atomic E-state index is 0.00416. The number of carbonyl (C=O) groups is 2. The smallest absolute Gasteiger partial charge is 0.328 e. The summed E-state index contributed by atoms with van der Waals surface area (Å²) in [6.45, 7) is 2.06. The fraction of sp³-hybridized carbons (Fsp3) is 0.323. The molecule has 9 heteroatoms. The molecule has 1 fully saturated rings. The van der Waals surface area contributed by atoms with Crippen LogP contribution in [0.25, 0.3) is 28.1 Å². The Hall–Kier alpha value is -4.04. The summed E-state index contributed by atoms with van der Waals surface area (Å²) >= 11 is 6.41. The highest BCUT2D eigenvalue weighted by molar-refractivity contribution is 6.47. The highest BCUT2D eigenvalue weighted by atomic mass is 35.5. The summed E-state index contributed by atoms with van der Waals surface area (Å²) in [6.07, 6.45) is 12.0. The van der Waals surface area contributed by atoms with Gasteiger partial charge >= 0.3 is 5.97 Å². The average molecular weight is 556 g/mol. The Bertz CT molecular complexity index is 1590. The summed E-state index contributed by atoms with van der Waals surface area (Å²) in [5, 5.41) is 3.57. The van der Waals surface area contributed by atoms with Crippen molar-refractivity contribution in [2.45, 2.75) is 51.5 Å². The zero-order chi connectivity index (χ0) is 27.7. The van der Waals surface area contributed by atoms with Gasteiger partial charge in [-0.05, 0) is 55.7 Å². The van der Waals surface area contributed by atoms with Gasteiger partial charge in [-0.1, -0.05) is 43.0 Å².